The van der Waals surface area contributed by atoms with Gasteiger partial charge < -0.3 is 45.6 Å². The van der Waals surface area contributed by atoms with Gasteiger partial charge in [0.15, 0.2) is 6.29 Å². The Morgan fingerprint density at radius 1 is 0.918 bits per heavy atom. The minimum Gasteiger partial charge on any atom is -0.393 e. The molecule has 5 unspecified atom stereocenters. The Labute approximate surface area is 285 Å². The molecule has 2 aromatic carbocycles. The topological polar surface area (TPSA) is 187 Å². The third-order valence-electron chi connectivity index (χ3n) is 9.55. The molecule has 7 N–H and O–H groups in total. The Morgan fingerprint density at radius 2 is 1.57 bits per heavy atom. The molecule has 1 aliphatic rings. The minimum absolute atomic E-state index is 0.163. The molecule has 0 saturated carbocycles. The Hall–Kier alpha value is -4.27. The van der Waals surface area contributed by atoms with E-state index >= 15 is 0 Å². The van der Waals surface area contributed by atoms with Gasteiger partial charge in [-0.3, -0.25) is 9.78 Å². The number of benzene rings is 2. The highest BCUT2D eigenvalue weighted by molar-refractivity contribution is 5.91. The van der Waals surface area contributed by atoms with E-state index in [1.807, 2.05) is 66.7 Å². The van der Waals surface area contributed by atoms with Crippen molar-refractivity contribution in [1.82, 2.24) is 9.97 Å². The molecule has 0 aliphatic carbocycles. The molecule has 12 nitrogen and oxygen atoms in total. The van der Waals surface area contributed by atoms with Gasteiger partial charge in [-0.15, -0.1) is 0 Å². The van der Waals surface area contributed by atoms with E-state index in [-0.39, 0.29) is 13.0 Å². The van der Waals surface area contributed by atoms with Crippen molar-refractivity contribution in [1.29, 1.82) is 0 Å². The van der Waals surface area contributed by atoms with E-state index < -0.39 is 59.8 Å². The monoisotopic (exact) mass is 672 g/mol. The molecule has 0 bridgehead atoms. The molecule has 5 rings (SSSR count). The van der Waals surface area contributed by atoms with Gasteiger partial charge in [0.1, 0.15) is 28.7 Å². The average molecular weight is 673 g/mol. The van der Waals surface area contributed by atoms with Crippen LogP contribution in [-0.2, 0) is 14.3 Å². The number of rotatable bonds is 13. The second-order valence-electron chi connectivity index (χ2n) is 12.8. The number of nitrogens with one attached hydrogen (secondary N) is 2. The van der Waals surface area contributed by atoms with Gasteiger partial charge in [0.2, 0.25) is 5.91 Å². The maximum atomic E-state index is 13.4. The van der Waals surface area contributed by atoms with Gasteiger partial charge in [-0.2, -0.15) is 0 Å². The third-order valence-corrected chi connectivity index (χ3v) is 9.55. The van der Waals surface area contributed by atoms with Crippen molar-refractivity contribution in [3.8, 4) is 0 Å². The number of carbonyl (C=O) groups is 1. The fourth-order valence-corrected chi connectivity index (χ4v) is 6.12. The highest BCUT2D eigenvalue weighted by Crippen LogP contribution is 2.45. The number of hydrogen-bond acceptors (Lipinski definition) is 11. The molecule has 1 amide bonds. The summed E-state index contributed by atoms with van der Waals surface area (Å²) < 4.78 is 11.4. The summed E-state index contributed by atoms with van der Waals surface area (Å²) in [5, 5.41) is 60.9. The van der Waals surface area contributed by atoms with Gasteiger partial charge in [-0.1, -0.05) is 60.7 Å². The Balaban J connectivity index is 1.40. The second kappa shape index (κ2) is 15.1. The number of nitrogens with zero attached hydrogens (tertiary/aromatic N) is 2. The fraction of sp³-hybridized carbons (Fsp3) is 0.378. The van der Waals surface area contributed by atoms with Crippen molar-refractivity contribution < 1.29 is 39.8 Å². The first kappa shape index (κ1) is 36.0. The van der Waals surface area contributed by atoms with E-state index in [0.29, 0.717) is 28.3 Å². The number of anilines is 2. The van der Waals surface area contributed by atoms with Crippen LogP contribution in [-0.4, -0.2) is 83.8 Å². The summed E-state index contributed by atoms with van der Waals surface area (Å²) in [5.41, 5.74) is -3.33. The molecular weight excluding hydrogens is 628 g/mol. The van der Waals surface area contributed by atoms with Crippen LogP contribution in [0, 0.1) is 0 Å². The van der Waals surface area contributed by atoms with Gasteiger partial charge in [-0.05, 0) is 62.2 Å². The molecule has 0 radical (unpaired) electrons. The first-order valence-electron chi connectivity index (χ1n) is 16.1. The molecule has 1 aliphatic heterocycles. The number of aliphatic hydroxyl groups is 5. The maximum absolute atomic E-state index is 13.4. The first-order chi connectivity index (χ1) is 23.4. The van der Waals surface area contributed by atoms with E-state index in [4.69, 9.17) is 9.47 Å². The SMILES string of the molecule is CC1(CO)OC(OCCC(=O)Nc2ccccc2[C@H](Nc2ccccn2)[C@@H](c2ccccn2)[C@@H](O)c2ccccc2)C(O)C(C)(O)C1(C)O. The van der Waals surface area contributed by atoms with Gasteiger partial charge in [0.25, 0.3) is 0 Å². The zero-order valence-corrected chi connectivity index (χ0v) is 27.7. The number of pyridine rings is 2. The van der Waals surface area contributed by atoms with Crippen LogP contribution in [0.5, 0.6) is 0 Å². The zero-order chi connectivity index (χ0) is 35.2. The number of para-hydroxylation sites is 1. The number of aliphatic hydroxyl groups excluding tert-OH is 3. The second-order valence-corrected chi connectivity index (χ2v) is 12.8. The van der Waals surface area contributed by atoms with Crippen LogP contribution in [0.15, 0.2) is 103 Å². The third kappa shape index (κ3) is 7.51. The van der Waals surface area contributed by atoms with Crippen molar-refractivity contribution in [2.75, 3.05) is 23.8 Å². The van der Waals surface area contributed by atoms with E-state index in [1.54, 1.807) is 36.7 Å². The van der Waals surface area contributed by atoms with E-state index in [1.165, 1.54) is 20.8 Å². The lowest BCUT2D eigenvalue weighted by Gasteiger charge is -2.57. The van der Waals surface area contributed by atoms with E-state index in [2.05, 4.69) is 20.6 Å². The molecule has 49 heavy (non-hydrogen) atoms. The average Bonchev–Trinajstić information content (AvgIpc) is 3.11. The standard InChI is InChI=1S/C37H44N4O8/c1-35(23-42)37(3,47)36(2,46)33(45)34(49-35)48-22-19-29(43)40-26-16-8-7-15-25(26)31(41-28-18-10-12-21-39-28)30(27-17-9-11-20-38-27)32(44)24-13-5-4-6-14-24/h4-18,20-21,30-34,42,44-47H,19,22-23H2,1-3H3,(H,39,41)(H,40,43)/t30-,31+,32+,33?,34?,35?,36?,37?/m1/s1. The van der Waals surface area contributed by atoms with Crippen LogP contribution in [0.4, 0.5) is 11.5 Å². The highest BCUT2D eigenvalue weighted by atomic mass is 16.7. The molecule has 1 saturated heterocycles. The van der Waals surface area contributed by atoms with Crippen molar-refractivity contribution in [3.63, 3.8) is 0 Å². The lowest BCUT2D eigenvalue weighted by atomic mass is 9.69. The minimum atomic E-state index is -2.10. The van der Waals surface area contributed by atoms with Crippen LogP contribution in [0.3, 0.4) is 0 Å². The Morgan fingerprint density at radius 3 is 2.22 bits per heavy atom. The summed E-state index contributed by atoms with van der Waals surface area (Å²) in [6.07, 6.45) is -0.945. The number of amides is 1. The van der Waals surface area contributed by atoms with Crippen LogP contribution in [0.2, 0.25) is 0 Å². The number of aromatic nitrogens is 2. The summed E-state index contributed by atoms with van der Waals surface area (Å²) in [4.78, 5) is 22.5. The molecule has 8 atom stereocenters. The molecule has 260 valence electrons. The Kier molecular flexibility index (Phi) is 11.1. The molecular formula is C37H44N4O8. The van der Waals surface area contributed by atoms with Crippen LogP contribution >= 0.6 is 0 Å². The Bertz CT molecular complexity index is 1650. The normalized spacial score (nSPS) is 27.1. The van der Waals surface area contributed by atoms with Crippen molar-refractivity contribution in [2.45, 2.75) is 74.5 Å². The number of ether oxygens (including phenoxy) is 2. The first-order valence-corrected chi connectivity index (χ1v) is 16.1. The lowest BCUT2D eigenvalue weighted by Crippen LogP contribution is -2.77. The predicted molar refractivity (Wildman–Crippen MR) is 182 cm³/mol. The van der Waals surface area contributed by atoms with Gasteiger partial charge in [0.05, 0.1) is 37.7 Å². The summed E-state index contributed by atoms with van der Waals surface area (Å²) in [5.74, 6) is -0.502. The molecule has 3 heterocycles. The van der Waals surface area contributed by atoms with Gasteiger partial charge >= 0.3 is 0 Å². The summed E-state index contributed by atoms with van der Waals surface area (Å²) in [7, 11) is 0. The van der Waals surface area contributed by atoms with Crippen molar-refractivity contribution >= 4 is 17.4 Å². The largest absolute Gasteiger partial charge is 0.393 e. The molecule has 2 aromatic heterocycles. The molecule has 12 heteroatoms. The maximum Gasteiger partial charge on any atom is 0.226 e. The van der Waals surface area contributed by atoms with Crippen molar-refractivity contribution in [2.24, 2.45) is 0 Å². The number of carbonyl (C=O) groups excluding carboxylic acids is 1. The summed E-state index contributed by atoms with van der Waals surface area (Å²) >= 11 is 0. The van der Waals surface area contributed by atoms with Gasteiger partial charge in [-0.25, -0.2) is 4.98 Å². The summed E-state index contributed by atoms with van der Waals surface area (Å²) in [6.45, 7) is 3.02. The lowest BCUT2D eigenvalue weighted by molar-refractivity contribution is -0.387. The smallest absolute Gasteiger partial charge is 0.226 e. The zero-order valence-electron chi connectivity index (χ0n) is 27.7. The number of hydrogen-bond donors (Lipinski definition) is 7. The van der Waals surface area contributed by atoms with E-state index in [0.717, 1.165) is 0 Å². The molecule has 0 spiro atoms. The molecule has 1 fully saturated rings. The van der Waals surface area contributed by atoms with E-state index in [9.17, 15) is 30.3 Å². The fourth-order valence-electron chi connectivity index (χ4n) is 6.12. The summed E-state index contributed by atoms with van der Waals surface area (Å²) in [6, 6.07) is 26.9. The van der Waals surface area contributed by atoms with Crippen LogP contribution < -0.4 is 10.6 Å². The van der Waals surface area contributed by atoms with Gasteiger partial charge in [0, 0.05) is 23.8 Å². The predicted octanol–water partition coefficient (Wildman–Crippen LogP) is 3.46. The van der Waals surface area contributed by atoms with Crippen molar-refractivity contribution in [3.05, 3.63) is 120 Å². The van der Waals surface area contributed by atoms with Crippen LogP contribution in [0.25, 0.3) is 0 Å². The highest BCUT2D eigenvalue weighted by Gasteiger charge is 2.65. The van der Waals surface area contributed by atoms with Crippen LogP contribution in [0.1, 0.15) is 62.1 Å². The quantitative estimate of drug-likeness (QED) is 0.110. The molecule has 4 aromatic rings.